The van der Waals surface area contributed by atoms with Gasteiger partial charge in [0.2, 0.25) is 5.91 Å². The van der Waals surface area contributed by atoms with Gasteiger partial charge in [-0.25, -0.2) is 10.9 Å². The summed E-state index contributed by atoms with van der Waals surface area (Å²) in [5.41, 5.74) is 7.12. The maximum absolute atomic E-state index is 12.1. The minimum absolute atomic E-state index is 0.0179. The summed E-state index contributed by atoms with van der Waals surface area (Å²) >= 11 is 1.64. The Morgan fingerprint density at radius 3 is 3.05 bits per heavy atom. The Morgan fingerprint density at radius 1 is 1.35 bits per heavy atom. The fourth-order valence-corrected chi connectivity index (χ4v) is 2.86. The topological polar surface area (TPSA) is 66.0 Å². The minimum Gasteiger partial charge on any atom is -0.350 e. The van der Waals surface area contributed by atoms with E-state index in [2.05, 4.69) is 21.2 Å². The highest BCUT2D eigenvalue weighted by atomic mass is 32.1. The summed E-state index contributed by atoms with van der Waals surface area (Å²) in [6.07, 6.45) is 2.47. The van der Waals surface area contributed by atoms with Crippen LogP contribution in [-0.2, 0) is 11.3 Å². The van der Waals surface area contributed by atoms with Crippen LogP contribution in [0.15, 0.2) is 41.9 Å². The van der Waals surface area contributed by atoms with E-state index < -0.39 is 0 Å². The second kappa shape index (κ2) is 6.13. The summed E-state index contributed by atoms with van der Waals surface area (Å²) in [7, 11) is 0. The number of amides is 1. The van der Waals surface area contributed by atoms with Gasteiger partial charge < -0.3 is 5.32 Å². The molecule has 3 rings (SSSR count). The number of hydrazine groups is 1. The largest absolute Gasteiger partial charge is 0.350 e. The van der Waals surface area contributed by atoms with Crippen LogP contribution in [0.25, 0.3) is 0 Å². The first-order valence-corrected chi connectivity index (χ1v) is 7.43. The number of thiophene rings is 1. The third-order valence-electron chi connectivity index (χ3n) is 3.28. The fourth-order valence-electron chi connectivity index (χ4n) is 2.21. The Hall–Kier alpha value is -1.76. The van der Waals surface area contributed by atoms with Crippen molar-refractivity contribution in [2.45, 2.75) is 25.0 Å². The first-order chi connectivity index (χ1) is 9.83. The summed E-state index contributed by atoms with van der Waals surface area (Å²) in [5, 5.41) is 4.96. The van der Waals surface area contributed by atoms with Gasteiger partial charge in [-0.1, -0.05) is 12.1 Å². The van der Waals surface area contributed by atoms with Gasteiger partial charge in [0, 0.05) is 11.1 Å². The highest BCUT2D eigenvalue weighted by Crippen LogP contribution is 2.20. The van der Waals surface area contributed by atoms with Crippen molar-refractivity contribution in [1.29, 1.82) is 0 Å². The van der Waals surface area contributed by atoms with E-state index in [1.807, 2.05) is 35.7 Å². The zero-order valence-electron chi connectivity index (χ0n) is 10.9. The lowest BCUT2D eigenvalue weighted by atomic mass is 10.1. The van der Waals surface area contributed by atoms with E-state index in [1.54, 1.807) is 17.5 Å². The molecule has 104 valence electrons. The van der Waals surface area contributed by atoms with Crippen molar-refractivity contribution >= 4 is 17.2 Å². The molecule has 2 aromatic rings. The lowest BCUT2D eigenvalue weighted by Gasteiger charge is -2.09. The summed E-state index contributed by atoms with van der Waals surface area (Å²) in [6.45, 7) is 0.586. The third kappa shape index (κ3) is 3.04. The van der Waals surface area contributed by atoms with Gasteiger partial charge in [0.15, 0.2) is 0 Å². The van der Waals surface area contributed by atoms with Gasteiger partial charge in [0.1, 0.15) is 6.04 Å². The van der Waals surface area contributed by atoms with Crippen LogP contribution in [-0.4, -0.2) is 16.9 Å². The summed E-state index contributed by atoms with van der Waals surface area (Å²) in [4.78, 5) is 17.6. The van der Waals surface area contributed by atoms with Crippen molar-refractivity contribution in [3.05, 3.63) is 52.5 Å². The van der Waals surface area contributed by atoms with Gasteiger partial charge in [-0.15, -0.1) is 11.3 Å². The summed E-state index contributed by atoms with van der Waals surface area (Å²) in [5.74, 6) is 0.0179. The standard InChI is InChI=1S/C14H16N4OS/c19-14(16-9-10-4-3-7-20-10)13-8-12(17-18-13)11-5-1-2-6-15-11/h1-7,12-13,17-18H,8-9H2,(H,16,19). The van der Waals surface area contributed by atoms with E-state index in [1.165, 1.54) is 0 Å². The zero-order chi connectivity index (χ0) is 13.8. The smallest absolute Gasteiger partial charge is 0.238 e. The van der Waals surface area contributed by atoms with Crippen LogP contribution in [0.2, 0.25) is 0 Å². The van der Waals surface area contributed by atoms with Gasteiger partial charge in [0.25, 0.3) is 0 Å². The predicted molar refractivity (Wildman–Crippen MR) is 77.8 cm³/mol. The molecule has 1 fully saturated rings. The fraction of sp³-hybridized carbons (Fsp3) is 0.286. The van der Waals surface area contributed by atoms with Gasteiger partial charge in [-0.2, -0.15) is 0 Å². The number of aromatic nitrogens is 1. The number of pyridine rings is 1. The Balaban J connectivity index is 1.53. The second-order valence-corrected chi connectivity index (χ2v) is 5.71. The molecule has 1 aliphatic heterocycles. The number of carbonyl (C=O) groups excluding carboxylic acids is 1. The van der Waals surface area contributed by atoms with Crippen molar-refractivity contribution in [2.24, 2.45) is 0 Å². The van der Waals surface area contributed by atoms with E-state index in [0.717, 1.165) is 10.6 Å². The summed E-state index contributed by atoms with van der Waals surface area (Å²) < 4.78 is 0. The molecular weight excluding hydrogens is 272 g/mol. The highest BCUT2D eigenvalue weighted by Gasteiger charge is 2.30. The molecule has 2 atom stereocenters. The molecule has 0 radical (unpaired) electrons. The Bertz CT molecular complexity index is 558. The van der Waals surface area contributed by atoms with Gasteiger partial charge in [-0.05, 0) is 30.0 Å². The van der Waals surface area contributed by atoms with E-state index >= 15 is 0 Å². The van der Waals surface area contributed by atoms with E-state index in [0.29, 0.717) is 13.0 Å². The quantitative estimate of drug-likeness (QED) is 0.795. The first kappa shape index (κ1) is 13.2. The van der Waals surface area contributed by atoms with Crippen molar-refractivity contribution in [2.75, 3.05) is 0 Å². The number of carbonyl (C=O) groups is 1. The minimum atomic E-state index is -0.220. The number of hydrogen-bond acceptors (Lipinski definition) is 5. The van der Waals surface area contributed by atoms with Crippen LogP contribution >= 0.6 is 11.3 Å². The lowest BCUT2D eigenvalue weighted by Crippen LogP contribution is -2.42. The van der Waals surface area contributed by atoms with Crippen molar-refractivity contribution in [3.63, 3.8) is 0 Å². The molecule has 2 aromatic heterocycles. The molecule has 0 aromatic carbocycles. The molecule has 0 aliphatic carbocycles. The van der Waals surface area contributed by atoms with E-state index in [9.17, 15) is 4.79 Å². The van der Waals surface area contributed by atoms with Crippen LogP contribution in [0.4, 0.5) is 0 Å². The van der Waals surface area contributed by atoms with E-state index in [-0.39, 0.29) is 18.0 Å². The molecule has 0 saturated carbocycles. The Morgan fingerprint density at radius 2 is 2.30 bits per heavy atom. The number of nitrogens with zero attached hydrogens (tertiary/aromatic N) is 1. The molecule has 5 nitrogen and oxygen atoms in total. The van der Waals surface area contributed by atoms with Crippen molar-refractivity contribution < 1.29 is 4.79 Å². The predicted octanol–water partition coefficient (Wildman–Crippen LogP) is 1.37. The van der Waals surface area contributed by atoms with Crippen LogP contribution in [0.1, 0.15) is 23.0 Å². The molecule has 1 aliphatic rings. The van der Waals surface area contributed by atoms with Gasteiger partial charge in [0.05, 0.1) is 18.3 Å². The normalized spacial score (nSPS) is 21.8. The number of rotatable bonds is 4. The maximum atomic E-state index is 12.1. The van der Waals surface area contributed by atoms with E-state index in [4.69, 9.17) is 0 Å². The number of nitrogens with one attached hydrogen (secondary N) is 3. The van der Waals surface area contributed by atoms with Gasteiger partial charge in [-0.3, -0.25) is 9.78 Å². The number of hydrogen-bond donors (Lipinski definition) is 3. The average molecular weight is 288 g/mol. The van der Waals surface area contributed by atoms with Crippen LogP contribution in [0, 0.1) is 0 Å². The SMILES string of the molecule is O=C(NCc1cccs1)C1CC(c2ccccn2)NN1. The molecule has 3 N–H and O–H groups in total. The van der Waals surface area contributed by atoms with Crippen molar-refractivity contribution in [1.82, 2.24) is 21.2 Å². The molecule has 3 heterocycles. The molecular formula is C14H16N4OS. The van der Waals surface area contributed by atoms with Crippen LogP contribution in [0.3, 0.4) is 0 Å². The van der Waals surface area contributed by atoms with Crippen LogP contribution in [0.5, 0.6) is 0 Å². The Kier molecular flexibility index (Phi) is 4.05. The van der Waals surface area contributed by atoms with Crippen molar-refractivity contribution in [3.8, 4) is 0 Å². The molecule has 0 bridgehead atoms. The first-order valence-electron chi connectivity index (χ1n) is 6.55. The second-order valence-electron chi connectivity index (χ2n) is 4.68. The highest BCUT2D eigenvalue weighted by molar-refractivity contribution is 7.09. The molecule has 0 spiro atoms. The summed E-state index contributed by atoms with van der Waals surface area (Å²) in [6, 6.07) is 9.66. The Labute approximate surface area is 121 Å². The molecule has 6 heteroatoms. The maximum Gasteiger partial charge on any atom is 0.238 e. The molecule has 1 saturated heterocycles. The van der Waals surface area contributed by atoms with Gasteiger partial charge >= 0.3 is 0 Å². The average Bonchev–Trinajstić information content (AvgIpc) is 3.17. The molecule has 1 amide bonds. The lowest BCUT2D eigenvalue weighted by molar-refractivity contribution is -0.123. The van der Waals surface area contributed by atoms with Crippen LogP contribution < -0.4 is 16.2 Å². The molecule has 2 unspecified atom stereocenters. The zero-order valence-corrected chi connectivity index (χ0v) is 11.7. The third-order valence-corrected chi connectivity index (χ3v) is 4.16. The molecule has 20 heavy (non-hydrogen) atoms. The monoisotopic (exact) mass is 288 g/mol.